The van der Waals surface area contributed by atoms with E-state index in [2.05, 4.69) is 9.72 Å². The van der Waals surface area contributed by atoms with Crippen molar-refractivity contribution in [2.45, 2.75) is 12.6 Å². The van der Waals surface area contributed by atoms with Gasteiger partial charge in [0.15, 0.2) is 5.78 Å². The number of aromatic nitrogens is 1. The largest absolute Gasteiger partial charge is 0.469 e. The Morgan fingerprint density at radius 2 is 2.00 bits per heavy atom. The van der Waals surface area contributed by atoms with Crippen LogP contribution in [0.1, 0.15) is 22.5 Å². The summed E-state index contributed by atoms with van der Waals surface area (Å²) in [6.07, 6.45) is -4.50. The standard InChI is InChI=1S/C10H8F3NO3/c1-17-9(16)4-8(15)7-3-2-6(5-14-7)10(11,12)13/h2-3,5H,4H2,1H3. The Balaban J connectivity index is 2.81. The van der Waals surface area contributed by atoms with E-state index in [4.69, 9.17) is 0 Å². The highest BCUT2D eigenvalue weighted by atomic mass is 19.4. The van der Waals surface area contributed by atoms with Gasteiger partial charge in [0.05, 0.1) is 12.7 Å². The van der Waals surface area contributed by atoms with Crippen LogP contribution in [0.15, 0.2) is 18.3 Å². The van der Waals surface area contributed by atoms with Gasteiger partial charge in [0.25, 0.3) is 0 Å². The predicted molar refractivity (Wildman–Crippen MR) is 50.2 cm³/mol. The van der Waals surface area contributed by atoms with Crippen LogP contribution < -0.4 is 0 Å². The Hall–Kier alpha value is -1.92. The normalized spacial score (nSPS) is 11.1. The van der Waals surface area contributed by atoms with Gasteiger partial charge in [-0.15, -0.1) is 0 Å². The van der Waals surface area contributed by atoms with E-state index in [1.165, 1.54) is 0 Å². The zero-order valence-electron chi connectivity index (χ0n) is 8.75. The fraction of sp³-hybridized carbons (Fsp3) is 0.300. The fourth-order valence-electron chi connectivity index (χ4n) is 1.02. The van der Waals surface area contributed by atoms with Gasteiger partial charge in [-0.1, -0.05) is 0 Å². The molecular formula is C10H8F3NO3. The Morgan fingerprint density at radius 1 is 1.35 bits per heavy atom. The maximum absolute atomic E-state index is 12.2. The van der Waals surface area contributed by atoms with E-state index in [1.807, 2.05) is 0 Å². The summed E-state index contributed by atoms with van der Waals surface area (Å²) < 4.78 is 40.8. The van der Waals surface area contributed by atoms with E-state index in [-0.39, 0.29) is 5.69 Å². The lowest BCUT2D eigenvalue weighted by atomic mass is 10.1. The number of nitrogens with zero attached hydrogens (tertiary/aromatic N) is 1. The number of halogens is 3. The summed E-state index contributed by atoms with van der Waals surface area (Å²) in [6.45, 7) is 0. The summed E-state index contributed by atoms with van der Waals surface area (Å²) in [4.78, 5) is 25.5. The van der Waals surface area contributed by atoms with Gasteiger partial charge in [0.2, 0.25) is 0 Å². The minimum atomic E-state index is -4.50. The lowest BCUT2D eigenvalue weighted by Gasteiger charge is -2.06. The molecule has 0 saturated carbocycles. The number of alkyl halides is 3. The third-order valence-electron chi connectivity index (χ3n) is 1.91. The van der Waals surface area contributed by atoms with Crippen LogP contribution in [0, 0.1) is 0 Å². The Bertz CT molecular complexity index is 425. The summed E-state index contributed by atoms with van der Waals surface area (Å²) in [7, 11) is 1.11. The maximum Gasteiger partial charge on any atom is 0.417 e. The van der Waals surface area contributed by atoms with E-state index < -0.39 is 29.9 Å². The average Bonchev–Trinajstić information content (AvgIpc) is 2.27. The molecule has 0 amide bonds. The molecule has 7 heteroatoms. The first-order valence-electron chi connectivity index (χ1n) is 4.48. The number of pyridine rings is 1. The van der Waals surface area contributed by atoms with Crippen molar-refractivity contribution < 1.29 is 27.5 Å². The highest BCUT2D eigenvalue weighted by Gasteiger charge is 2.31. The van der Waals surface area contributed by atoms with E-state index in [1.54, 1.807) is 0 Å². The fourth-order valence-corrected chi connectivity index (χ4v) is 1.02. The van der Waals surface area contributed by atoms with Gasteiger partial charge in [0, 0.05) is 6.20 Å². The summed E-state index contributed by atoms with van der Waals surface area (Å²) in [5.74, 6) is -1.46. The third-order valence-corrected chi connectivity index (χ3v) is 1.91. The number of rotatable bonds is 3. The molecule has 0 aromatic carbocycles. The molecule has 17 heavy (non-hydrogen) atoms. The Labute approximate surface area is 94.4 Å². The van der Waals surface area contributed by atoms with E-state index >= 15 is 0 Å². The second-order valence-electron chi connectivity index (χ2n) is 3.11. The second-order valence-corrected chi connectivity index (χ2v) is 3.11. The van der Waals surface area contributed by atoms with E-state index in [0.717, 1.165) is 19.2 Å². The van der Waals surface area contributed by atoms with Crippen molar-refractivity contribution in [1.82, 2.24) is 4.98 Å². The van der Waals surface area contributed by atoms with Crippen molar-refractivity contribution in [1.29, 1.82) is 0 Å². The number of Topliss-reactive ketones (excluding diaryl/α,β-unsaturated/α-hetero) is 1. The maximum atomic E-state index is 12.2. The number of carbonyl (C=O) groups excluding carboxylic acids is 2. The molecule has 0 aliphatic heterocycles. The monoisotopic (exact) mass is 247 g/mol. The van der Waals surface area contributed by atoms with Crippen LogP contribution in [-0.2, 0) is 15.7 Å². The highest BCUT2D eigenvalue weighted by Crippen LogP contribution is 2.28. The molecule has 4 nitrogen and oxygen atoms in total. The first kappa shape index (κ1) is 13.1. The van der Waals surface area contributed by atoms with Gasteiger partial charge in [0.1, 0.15) is 12.1 Å². The number of esters is 1. The molecule has 0 bridgehead atoms. The van der Waals surface area contributed by atoms with Crippen molar-refractivity contribution >= 4 is 11.8 Å². The van der Waals surface area contributed by atoms with Crippen LogP contribution >= 0.6 is 0 Å². The van der Waals surface area contributed by atoms with Crippen LogP contribution in [0.3, 0.4) is 0 Å². The number of hydrogen-bond donors (Lipinski definition) is 0. The molecule has 1 aromatic rings. The summed E-state index contributed by atoms with van der Waals surface area (Å²) in [5, 5.41) is 0. The Kier molecular flexibility index (Phi) is 3.82. The number of methoxy groups -OCH3 is 1. The summed E-state index contributed by atoms with van der Waals surface area (Å²) >= 11 is 0. The molecule has 0 aliphatic rings. The molecule has 1 heterocycles. The first-order chi connectivity index (χ1) is 7.84. The summed E-state index contributed by atoms with van der Waals surface area (Å²) in [6, 6.07) is 1.66. The van der Waals surface area contributed by atoms with Crippen molar-refractivity contribution in [3.8, 4) is 0 Å². The molecule has 0 aliphatic carbocycles. The van der Waals surface area contributed by atoms with Gasteiger partial charge in [-0.25, -0.2) is 0 Å². The van der Waals surface area contributed by atoms with E-state index in [9.17, 15) is 22.8 Å². The molecule has 0 fully saturated rings. The van der Waals surface area contributed by atoms with Crippen molar-refractivity contribution in [3.63, 3.8) is 0 Å². The van der Waals surface area contributed by atoms with Crippen LogP contribution in [0.2, 0.25) is 0 Å². The molecule has 0 N–H and O–H groups in total. The van der Waals surface area contributed by atoms with Gasteiger partial charge >= 0.3 is 12.1 Å². The Morgan fingerprint density at radius 3 is 2.41 bits per heavy atom. The molecule has 1 rings (SSSR count). The minimum Gasteiger partial charge on any atom is -0.469 e. The minimum absolute atomic E-state index is 0.205. The molecular weight excluding hydrogens is 239 g/mol. The molecule has 0 saturated heterocycles. The van der Waals surface area contributed by atoms with Crippen LogP contribution in [0.25, 0.3) is 0 Å². The zero-order chi connectivity index (χ0) is 13.1. The topological polar surface area (TPSA) is 56.3 Å². The smallest absolute Gasteiger partial charge is 0.417 e. The second kappa shape index (κ2) is 4.94. The SMILES string of the molecule is COC(=O)CC(=O)c1ccc(C(F)(F)F)cn1. The predicted octanol–water partition coefficient (Wildman–Crippen LogP) is 1.85. The number of carbonyl (C=O) groups is 2. The van der Waals surface area contributed by atoms with E-state index in [0.29, 0.717) is 6.20 Å². The van der Waals surface area contributed by atoms with Crippen LogP contribution in [0.4, 0.5) is 13.2 Å². The van der Waals surface area contributed by atoms with Gasteiger partial charge in [-0.05, 0) is 12.1 Å². The molecule has 92 valence electrons. The van der Waals surface area contributed by atoms with Gasteiger partial charge in [-0.3, -0.25) is 14.6 Å². The summed E-state index contributed by atoms with van der Waals surface area (Å²) in [5.41, 5.74) is -1.16. The average molecular weight is 247 g/mol. The van der Waals surface area contributed by atoms with Crippen molar-refractivity contribution in [2.24, 2.45) is 0 Å². The lowest BCUT2D eigenvalue weighted by Crippen LogP contribution is -2.12. The molecule has 1 aromatic heterocycles. The number of ether oxygens (including phenoxy) is 1. The molecule has 0 spiro atoms. The molecule has 0 radical (unpaired) electrons. The molecule has 0 atom stereocenters. The first-order valence-corrected chi connectivity index (χ1v) is 4.48. The van der Waals surface area contributed by atoms with Gasteiger partial charge < -0.3 is 4.74 Å². The quantitative estimate of drug-likeness (QED) is 0.464. The lowest BCUT2D eigenvalue weighted by molar-refractivity contribution is -0.140. The van der Waals surface area contributed by atoms with Crippen molar-refractivity contribution in [3.05, 3.63) is 29.6 Å². The van der Waals surface area contributed by atoms with Crippen LogP contribution in [-0.4, -0.2) is 23.8 Å². The third kappa shape index (κ3) is 3.54. The molecule has 0 unspecified atom stereocenters. The van der Waals surface area contributed by atoms with Gasteiger partial charge in [-0.2, -0.15) is 13.2 Å². The number of ketones is 1. The zero-order valence-corrected chi connectivity index (χ0v) is 8.75. The number of hydrogen-bond acceptors (Lipinski definition) is 4. The van der Waals surface area contributed by atoms with Crippen molar-refractivity contribution in [2.75, 3.05) is 7.11 Å². The highest BCUT2D eigenvalue weighted by molar-refractivity contribution is 6.04. The van der Waals surface area contributed by atoms with Crippen LogP contribution in [0.5, 0.6) is 0 Å².